The third-order valence-electron chi connectivity index (χ3n) is 2.57. The Hall–Kier alpha value is -2.49. The number of rotatable bonds is 7. The van der Waals surface area contributed by atoms with Crippen LogP contribution in [0.1, 0.15) is 12.5 Å². The molecule has 0 aliphatic carbocycles. The minimum absolute atomic E-state index is 0.0643. The number of carbonyl (C=O) groups is 1. The molecule has 0 saturated heterocycles. The lowest BCUT2D eigenvalue weighted by atomic mass is 10.1. The molecular formula is C12H16FN5O3S. The van der Waals surface area contributed by atoms with Gasteiger partial charge in [0, 0.05) is 13.6 Å². The molecule has 0 heterocycles. The lowest BCUT2D eigenvalue weighted by Crippen LogP contribution is -2.35. The van der Waals surface area contributed by atoms with Crippen LogP contribution in [0.4, 0.5) is 10.1 Å². The van der Waals surface area contributed by atoms with Crippen molar-refractivity contribution in [1.82, 2.24) is 4.72 Å². The first-order valence-corrected chi connectivity index (χ1v) is 7.23. The van der Waals surface area contributed by atoms with E-state index >= 15 is 0 Å². The number of hydrogen-bond donors (Lipinski definition) is 3. The van der Waals surface area contributed by atoms with E-state index in [1.54, 1.807) is 6.92 Å². The molecule has 0 saturated carbocycles. The quantitative estimate of drug-likeness (QED) is 0.372. The van der Waals surface area contributed by atoms with Gasteiger partial charge in [-0.25, -0.2) is 13.6 Å². The van der Waals surface area contributed by atoms with Gasteiger partial charge in [-0.05, 0) is 19.1 Å². The average molecular weight is 329 g/mol. The van der Waals surface area contributed by atoms with E-state index < -0.39 is 22.7 Å². The van der Waals surface area contributed by atoms with Gasteiger partial charge in [0.1, 0.15) is 23.6 Å². The summed E-state index contributed by atoms with van der Waals surface area (Å²) >= 11 is -2.05. The summed E-state index contributed by atoms with van der Waals surface area (Å²) in [5.41, 5.74) is 5.21. The number of hydrogen-bond acceptors (Lipinski definition) is 4. The molecule has 8 nitrogen and oxygen atoms in total. The van der Waals surface area contributed by atoms with Crippen molar-refractivity contribution in [2.24, 2.45) is 15.7 Å². The lowest BCUT2D eigenvalue weighted by molar-refractivity contribution is -0.108. The van der Waals surface area contributed by atoms with E-state index in [9.17, 15) is 18.5 Å². The molecule has 0 aliphatic rings. The summed E-state index contributed by atoms with van der Waals surface area (Å²) in [4.78, 5) is 17.7. The molecule has 0 bridgehead atoms. The van der Waals surface area contributed by atoms with E-state index in [1.807, 2.05) is 4.72 Å². The Labute approximate surface area is 129 Å². The van der Waals surface area contributed by atoms with Crippen LogP contribution in [0.5, 0.6) is 5.75 Å². The molecule has 1 unspecified atom stereocenters. The third kappa shape index (κ3) is 3.79. The Bertz CT molecular complexity index is 635. The Morgan fingerprint density at radius 3 is 2.82 bits per heavy atom. The first kappa shape index (κ1) is 17.6. The van der Waals surface area contributed by atoms with Gasteiger partial charge in [-0.1, -0.05) is 0 Å². The van der Waals surface area contributed by atoms with Crippen molar-refractivity contribution in [2.45, 2.75) is 6.92 Å². The van der Waals surface area contributed by atoms with Gasteiger partial charge < -0.3 is 10.8 Å². The van der Waals surface area contributed by atoms with Crippen molar-refractivity contribution in [1.29, 1.82) is 0 Å². The highest BCUT2D eigenvalue weighted by Crippen LogP contribution is 2.33. The second kappa shape index (κ2) is 8.08. The number of aliphatic imine (C=N–C) groups is 2. The number of benzene rings is 1. The number of carbonyl (C=O) groups excluding carboxylic acids is 1. The van der Waals surface area contributed by atoms with Crippen molar-refractivity contribution >= 4 is 35.4 Å². The smallest absolute Gasteiger partial charge is 0.225 e. The Morgan fingerprint density at radius 2 is 2.27 bits per heavy atom. The molecule has 1 aromatic rings. The summed E-state index contributed by atoms with van der Waals surface area (Å²) in [5.74, 6) is -1.51. The van der Waals surface area contributed by atoms with E-state index in [1.165, 1.54) is 19.2 Å². The summed E-state index contributed by atoms with van der Waals surface area (Å²) in [7, 11) is 1.47. The zero-order valence-corrected chi connectivity index (χ0v) is 12.8. The van der Waals surface area contributed by atoms with Crippen LogP contribution >= 0.6 is 0 Å². The van der Waals surface area contributed by atoms with Gasteiger partial charge in [-0.3, -0.25) is 18.8 Å². The zero-order valence-electron chi connectivity index (χ0n) is 12.0. The highest BCUT2D eigenvalue weighted by molar-refractivity contribution is 7.85. The fourth-order valence-corrected chi connectivity index (χ4v) is 2.43. The number of anilines is 1. The number of phenols is 1. The fraction of sp³-hybridized carbons (Fsp3) is 0.250. The van der Waals surface area contributed by atoms with Crippen molar-refractivity contribution in [3.05, 3.63) is 23.5 Å². The van der Waals surface area contributed by atoms with E-state index in [0.29, 0.717) is 0 Å². The summed E-state index contributed by atoms with van der Waals surface area (Å²) in [5, 5.41) is 9.85. The van der Waals surface area contributed by atoms with Crippen LogP contribution in [-0.4, -0.2) is 41.5 Å². The molecule has 22 heavy (non-hydrogen) atoms. The largest absolute Gasteiger partial charge is 0.506 e. The first-order chi connectivity index (χ1) is 10.5. The highest BCUT2D eigenvalue weighted by Gasteiger charge is 2.23. The summed E-state index contributed by atoms with van der Waals surface area (Å²) < 4.78 is 29.4. The molecule has 1 atom stereocenters. The van der Waals surface area contributed by atoms with Gasteiger partial charge >= 0.3 is 0 Å². The molecule has 0 spiro atoms. The molecule has 0 fully saturated rings. The summed E-state index contributed by atoms with van der Waals surface area (Å²) in [6.07, 6.45) is 1.36. The maximum atomic E-state index is 14.6. The lowest BCUT2D eigenvalue weighted by Gasteiger charge is -2.22. The van der Waals surface area contributed by atoms with Gasteiger partial charge in [0.2, 0.25) is 17.6 Å². The highest BCUT2D eigenvalue weighted by atomic mass is 32.2. The molecule has 0 aromatic heterocycles. The first-order valence-electron chi connectivity index (χ1n) is 6.12. The van der Waals surface area contributed by atoms with Gasteiger partial charge in [0.05, 0.1) is 5.56 Å². The second-order valence-corrected chi connectivity index (χ2v) is 5.04. The molecular weight excluding hydrogens is 313 g/mol. The van der Waals surface area contributed by atoms with Crippen LogP contribution < -0.4 is 14.8 Å². The second-order valence-electron chi connectivity index (χ2n) is 3.86. The predicted molar refractivity (Wildman–Crippen MR) is 83.6 cm³/mol. The van der Waals surface area contributed by atoms with Gasteiger partial charge in [-0.2, -0.15) is 0 Å². The molecule has 4 N–H and O–H groups in total. The number of nitrogens with one attached hydrogen (secondary N) is 1. The van der Waals surface area contributed by atoms with Crippen LogP contribution in [0.2, 0.25) is 0 Å². The number of amidine groups is 1. The number of halogens is 1. The maximum absolute atomic E-state index is 14.6. The van der Waals surface area contributed by atoms with Crippen LogP contribution in [-0.2, 0) is 16.0 Å². The molecule has 10 heteroatoms. The van der Waals surface area contributed by atoms with Crippen LogP contribution in [0.25, 0.3) is 0 Å². The van der Waals surface area contributed by atoms with Crippen molar-refractivity contribution in [2.75, 3.05) is 17.9 Å². The number of aromatic hydroxyl groups is 1. The summed E-state index contributed by atoms with van der Waals surface area (Å²) in [6, 6.07) is 2.43. The van der Waals surface area contributed by atoms with Gasteiger partial charge in [-0.15, -0.1) is 0 Å². The van der Waals surface area contributed by atoms with E-state index in [2.05, 4.69) is 9.98 Å². The number of phenolic OH excluding ortho intramolecular Hbond substituents is 1. The van der Waals surface area contributed by atoms with Gasteiger partial charge in [0.25, 0.3) is 0 Å². The number of amides is 1. The minimum atomic E-state index is -2.05. The number of nitrogens with two attached hydrogens (primary N) is 1. The van der Waals surface area contributed by atoms with E-state index in [0.717, 1.165) is 10.6 Å². The van der Waals surface area contributed by atoms with Gasteiger partial charge in [0.15, 0.2) is 5.82 Å². The molecule has 0 aliphatic heterocycles. The Morgan fingerprint density at radius 1 is 1.59 bits per heavy atom. The Kier molecular flexibility index (Phi) is 6.45. The topological polar surface area (TPSA) is 120 Å². The average Bonchev–Trinajstić information content (AvgIpc) is 2.49. The minimum Gasteiger partial charge on any atom is -0.506 e. The Balaban J connectivity index is 3.41. The van der Waals surface area contributed by atoms with E-state index in [4.69, 9.17) is 5.73 Å². The molecule has 1 rings (SSSR count). The van der Waals surface area contributed by atoms with Crippen LogP contribution in [0, 0.1) is 5.82 Å². The fourth-order valence-electron chi connectivity index (χ4n) is 1.64. The van der Waals surface area contributed by atoms with Crippen LogP contribution in [0.15, 0.2) is 22.1 Å². The summed E-state index contributed by atoms with van der Waals surface area (Å²) in [6.45, 7) is 1.64. The standard InChI is InChI=1S/C12H16FN5O3S/c1-3-18(22(21)17-7-19)11-9(20)5-4-8(10(11)13)12(14)16-6-15-2/h4-7,20H,3H2,1-2H3,(H,17,19)(H2,14,15,16). The zero-order chi connectivity index (χ0) is 16.7. The van der Waals surface area contributed by atoms with Crippen LogP contribution in [0.3, 0.4) is 0 Å². The SMILES string of the molecule is CCN(c1c(O)ccc(C(N)=NC=NC)c1F)S(=O)NC=O. The van der Waals surface area contributed by atoms with E-state index in [-0.39, 0.29) is 30.0 Å². The third-order valence-corrected chi connectivity index (χ3v) is 3.71. The molecule has 1 aromatic carbocycles. The maximum Gasteiger partial charge on any atom is 0.225 e. The number of nitrogens with zero attached hydrogens (tertiary/aromatic N) is 3. The molecule has 0 radical (unpaired) electrons. The predicted octanol–water partition coefficient (Wildman–Crippen LogP) is 0.0457. The monoisotopic (exact) mass is 329 g/mol. The van der Waals surface area contributed by atoms with Crippen molar-refractivity contribution < 1.29 is 18.5 Å². The normalized spacial score (nSPS) is 13.1. The molecule has 120 valence electrons. The van der Waals surface area contributed by atoms with Crippen molar-refractivity contribution in [3.8, 4) is 5.75 Å². The molecule has 1 amide bonds. The van der Waals surface area contributed by atoms with Crippen molar-refractivity contribution in [3.63, 3.8) is 0 Å².